The van der Waals surface area contributed by atoms with Gasteiger partial charge in [0.1, 0.15) is 5.56 Å². The molecule has 1 N–H and O–H groups in total. The van der Waals surface area contributed by atoms with Gasteiger partial charge in [-0.05, 0) is 45.4 Å². The summed E-state index contributed by atoms with van der Waals surface area (Å²) in [4.78, 5) is 40.3. The molecule has 0 saturated carbocycles. The predicted octanol–water partition coefficient (Wildman–Crippen LogP) is 3.34. The summed E-state index contributed by atoms with van der Waals surface area (Å²) in [6, 6.07) is 9.38. The molecule has 0 aliphatic rings. The summed E-state index contributed by atoms with van der Waals surface area (Å²) < 4.78 is 11.8. The number of H-pyrrole nitrogens is 1. The fourth-order valence-electron chi connectivity index (χ4n) is 3.32. The van der Waals surface area contributed by atoms with Gasteiger partial charge in [-0.1, -0.05) is 18.2 Å². The van der Waals surface area contributed by atoms with Crippen LogP contribution in [0.2, 0.25) is 0 Å². The highest BCUT2D eigenvalue weighted by atomic mass is 16.5. The first-order chi connectivity index (χ1) is 14.3. The molecule has 0 aliphatic heterocycles. The van der Waals surface area contributed by atoms with Crippen LogP contribution in [0.5, 0.6) is 0 Å². The van der Waals surface area contributed by atoms with E-state index in [0.29, 0.717) is 22.5 Å². The van der Waals surface area contributed by atoms with Gasteiger partial charge >= 0.3 is 11.9 Å². The maximum Gasteiger partial charge on any atom is 0.342 e. The molecule has 2 heterocycles. The van der Waals surface area contributed by atoms with Crippen molar-refractivity contribution in [3.63, 3.8) is 0 Å². The minimum absolute atomic E-state index is 0.213. The van der Waals surface area contributed by atoms with E-state index in [-0.39, 0.29) is 11.3 Å². The van der Waals surface area contributed by atoms with Gasteiger partial charge in [-0.3, -0.25) is 4.79 Å². The number of nitrogens with one attached hydrogen (secondary N) is 1. The first-order valence-corrected chi connectivity index (χ1v) is 9.39. The normalized spacial score (nSPS) is 11.8. The Labute approximate surface area is 173 Å². The molecule has 0 bridgehead atoms. The zero-order chi connectivity index (χ0) is 22.0. The summed E-state index contributed by atoms with van der Waals surface area (Å²) in [6.07, 6.45) is 0.362. The molecule has 30 heavy (non-hydrogen) atoms. The van der Waals surface area contributed by atoms with E-state index in [1.807, 2.05) is 30.3 Å². The molecule has 1 atom stereocenters. The van der Waals surface area contributed by atoms with Crippen molar-refractivity contribution in [2.45, 2.75) is 33.8 Å². The van der Waals surface area contributed by atoms with E-state index < -0.39 is 23.8 Å². The van der Waals surface area contributed by atoms with Crippen molar-refractivity contribution in [3.05, 3.63) is 70.3 Å². The topological polar surface area (TPSA) is 103 Å². The van der Waals surface area contributed by atoms with Crippen molar-refractivity contribution in [1.82, 2.24) is 14.8 Å². The second-order valence-corrected chi connectivity index (χ2v) is 6.92. The van der Waals surface area contributed by atoms with Gasteiger partial charge in [0.05, 0.1) is 35.9 Å². The van der Waals surface area contributed by atoms with E-state index in [1.54, 1.807) is 25.5 Å². The first-order valence-electron chi connectivity index (χ1n) is 9.39. The van der Waals surface area contributed by atoms with E-state index in [1.165, 1.54) is 20.2 Å². The van der Waals surface area contributed by atoms with Crippen LogP contribution in [0.1, 0.15) is 55.1 Å². The number of rotatable bonds is 6. The van der Waals surface area contributed by atoms with Crippen molar-refractivity contribution in [2.75, 3.05) is 7.11 Å². The lowest BCUT2D eigenvalue weighted by Gasteiger charge is -2.12. The molecule has 0 radical (unpaired) electrons. The Balaban J connectivity index is 1.79. The zero-order valence-electron chi connectivity index (χ0n) is 17.5. The third-order valence-electron chi connectivity index (χ3n) is 4.96. The molecule has 0 amide bonds. The number of hydrogen-bond donors (Lipinski definition) is 1. The Bertz CT molecular complexity index is 1110. The number of Topliss-reactive ketones (excluding diaryl/α,β-unsaturated/α-hetero) is 1. The van der Waals surface area contributed by atoms with Crippen molar-refractivity contribution >= 4 is 17.7 Å². The van der Waals surface area contributed by atoms with Crippen LogP contribution in [0, 0.1) is 20.8 Å². The number of para-hydroxylation sites is 1. The van der Waals surface area contributed by atoms with Crippen LogP contribution in [-0.4, -0.2) is 45.7 Å². The van der Waals surface area contributed by atoms with Gasteiger partial charge in [0, 0.05) is 5.69 Å². The second-order valence-electron chi connectivity index (χ2n) is 6.92. The molecule has 0 aliphatic carbocycles. The van der Waals surface area contributed by atoms with Gasteiger partial charge in [-0.15, -0.1) is 0 Å². The van der Waals surface area contributed by atoms with Crippen molar-refractivity contribution in [2.24, 2.45) is 0 Å². The Morgan fingerprint density at radius 2 is 1.73 bits per heavy atom. The smallest absolute Gasteiger partial charge is 0.342 e. The van der Waals surface area contributed by atoms with Crippen LogP contribution in [0.4, 0.5) is 0 Å². The molecular formula is C22H23N3O5. The average molecular weight is 409 g/mol. The maximum atomic E-state index is 12.8. The third kappa shape index (κ3) is 3.76. The molecule has 3 aromatic rings. The quantitative estimate of drug-likeness (QED) is 0.495. The number of carbonyl (C=O) groups excluding carboxylic acids is 3. The number of esters is 2. The van der Waals surface area contributed by atoms with E-state index in [2.05, 4.69) is 10.1 Å². The monoisotopic (exact) mass is 409 g/mol. The Morgan fingerprint density at radius 3 is 2.37 bits per heavy atom. The lowest BCUT2D eigenvalue weighted by molar-refractivity contribution is 0.0316. The number of methoxy groups -OCH3 is 1. The van der Waals surface area contributed by atoms with E-state index in [9.17, 15) is 14.4 Å². The standard InChI is InChI=1S/C22H23N3O5/c1-12-18(22(28)29-5)13(2)24-19(12)20(26)15(4)30-21(27)17-11-23-25(14(17)3)16-9-7-6-8-10-16/h6-11,15,24H,1-5H3. The molecule has 156 valence electrons. The Morgan fingerprint density at radius 1 is 1.07 bits per heavy atom. The van der Waals surface area contributed by atoms with Gasteiger partial charge in [-0.2, -0.15) is 5.10 Å². The van der Waals surface area contributed by atoms with Gasteiger partial charge in [0.25, 0.3) is 0 Å². The number of hydrogen-bond acceptors (Lipinski definition) is 6. The highest BCUT2D eigenvalue weighted by Gasteiger charge is 2.28. The van der Waals surface area contributed by atoms with Crippen molar-refractivity contribution in [3.8, 4) is 5.69 Å². The van der Waals surface area contributed by atoms with Crippen LogP contribution in [-0.2, 0) is 9.47 Å². The first kappa shape index (κ1) is 21.0. The minimum atomic E-state index is -1.06. The average Bonchev–Trinajstić information content (AvgIpc) is 3.26. The molecular weight excluding hydrogens is 386 g/mol. The fourth-order valence-corrected chi connectivity index (χ4v) is 3.32. The molecule has 3 rings (SSSR count). The lowest BCUT2D eigenvalue weighted by Crippen LogP contribution is -2.25. The Kier molecular flexibility index (Phi) is 5.86. The van der Waals surface area contributed by atoms with Crippen LogP contribution in [0.15, 0.2) is 36.5 Å². The fraction of sp³-hybridized carbons (Fsp3) is 0.273. The predicted molar refractivity (Wildman–Crippen MR) is 109 cm³/mol. The van der Waals surface area contributed by atoms with Crippen LogP contribution in [0.25, 0.3) is 5.69 Å². The van der Waals surface area contributed by atoms with Gasteiger partial charge in [0.2, 0.25) is 5.78 Å². The number of benzene rings is 1. The minimum Gasteiger partial charge on any atom is -0.465 e. The van der Waals surface area contributed by atoms with Crippen LogP contribution in [0.3, 0.4) is 0 Å². The van der Waals surface area contributed by atoms with E-state index in [4.69, 9.17) is 9.47 Å². The van der Waals surface area contributed by atoms with Gasteiger partial charge < -0.3 is 14.5 Å². The van der Waals surface area contributed by atoms with Crippen LogP contribution >= 0.6 is 0 Å². The Hall–Kier alpha value is -3.68. The summed E-state index contributed by atoms with van der Waals surface area (Å²) in [7, 11) is 1.28. The molecule has 1 unspecified atom stereocenters. The number of aromatic nitrogens is 3. The molecule has 8 nitrogen and oxygen atoms in total. The molecule has 1 aromatic carbocycles. The zero-order valence-corrected chi connectivity index (χ0v) is 17.5. The summed E-state index contributed by atoms with van der Waals surface area (Å²) >= 11 is 0. The molecule has 0 saturated heterocycles. The lowest BCUT2D eigenvalue weighted by atomic mass is 10.1. The van der Waals surface area contributed by atoms with Gasteiger partial charge in [-0.25, -0.2) is 14.3 Å². The summed E-state index contributed by atoms with van der Waals surface area (Å²) in [6.45, 7) is 6.56. The molecule has 8 heteroatoms. The second kappa shape index (κ2) is 8.36. The molecule has 0 spiro atoms. The number of carbonyl (C=O) groups is 3. The van der Waals surface area contributed by atoms with Crippen LogP contribution < -0.4 is 0 Å². The largest absolute Gasteiger partial charge is 0.465 e. The summed E-state index contributed by atoms with van der Waals surface area (Å²) in [5.41, 5.74) is 3.18. The highest BCUT2D eigenvalue weighted by molar-refractivity contribution is 6.04. The number of ketones is 1. The summed E-state index contributed by atoms with van der Waals surface area (Å²) in [5.74, 6) is -1.62. The molecule has 2 aromatic heterocycles. The summed E-state index contributed by atoms with van der Waals surface area (Å²) in [5, 5.41) is 4.25. The SMILES string of the molecule is COC(=O)c1c(C)[nH]c(C(=O)C(C)OC(=O)c2cnn(-c3ccccc3)c2C)c1C. The third-order valence-corrected chi connectivity index (χ3v) is 4.96. The number of aryl methyl sites for hydroxylation is 1. The number of ether oxygens (including phenoxy) is 2. The number of nitrogens with zero attached hydrogens (tertiary/aromatic N) is 2. The van der Waals surface area contributed by atoms with Crippen molar-refractivity contribution < 1.29 is 23.9 Å². The maximum absolute atomic E-state index is 12.8. The molecule has 0 fully saturated rings. The highest BCUT2D eigenvalue weighted by Crippen LogP contribution is 2.22. The van der Waals surface area contributed by atoms with Gasteiger partial charge in [0.15, 0.2) is 6.10 Å². The number of aromatic amines is 1. The van der Waals surface area contributed by atoms with E-state index >= 15 is 0 Å². The van der Waals surface area contributed by atoms with Crippen molar-refractivity contribution in [1.29, 1.82) is 0 Å². The van der Waals surface area contributed by atoms with E-state index in [0.717, 1.165) is 5.69 Å².